The first-order valence-electron chi connectivity index (χ1n) is 11.3. The molecule has 0 radical (unpaired) electrons. The quantitative estimate of drug-likeness (QED) is 0.240. The maximum Gasteiger partial charge on any atom is 0.326 e. The number of carboxylic acid groups (broad SMARTS) is 1. The van der Waals surface area contributed by atoms with Gasteiger partial charge in [-0.25, -0.2) is 9.78 Å². The highest BCUT2D eigenvalue weighted by Gasteiger charge is 2.34. The van der Waals surface area contributed by atoms with Gasteiger partial charge >= 0.3 is 5.97 Å². The second-order valence-electron chi connectivity index (χ2n) is 9.05. The Bertz CT molecular complexity index is 795. The molecule has 1 aromatic heterocycles. The molecular formula is C22H38N6O5. The first-order valence-corrected chi connectivity index (χ1v) is 11.3. The minimum absolute atomic E-state index is 0.0139. The number of nitrogens with two attached hydrogens (primary N) is 1. The van der Waals surface area contributed by atoms with Gasteiger partial charge in [-0.05, 0) is 17.8 Å². The molecule has 33 heavy (non-hydrogen) atoms. The van der Waals surface area contributed by atoms with Crippen LogP contribution in [0.4, 0.5) is 0 Å². The first-order chi connectivity index (χ1) is 15.4. The average molecular weight is 467 g/mol. The Morgan fingerprint density at radius 1 is 0.970 bits per heavy atom. The molecule has 11 nitrogen and oxygen atoms in total. The lowest BCUT2D eigenvalue weighted by molar-refractivity contribution is -0.142. The van der Waals surface area contributed by atoms with Crippen molar-refractivity contribution in [3.8, 4) is 0 Å². The van der Waals surface area contributed by atoms with E-state index in [9.17, 15) is 24.3 Å². The Hall–Kier alpha value is -2.95. The van der Waals surface area contributed by atoms with Gasteiger partial charge in [-0.2, -0.15) is 0 Å². The van der Waals surface area contributed by atoms with Crippen LogP contribution in [0.3, 0.4) is 0 Å². The summed E-state index contributed by atoms with van der Waals surface area (Å²) in [6.07, 6.45) is 3.48. The molecule has 0 aliphatic carbocycles. The van der Waals surface area contributed by atoms with Gasteiger partial charge in [0.2, 0.25) is 17.7 Å². The van der Waals surface area contributed by atoms with Crippen LogP contribution >= 0.6 is 0 Å². The lowest BCUT2D eigenvalue weighted by Crippen LogP contribution is -2.60. The van der Waals surface area contributed by atoms with Crippen LogP contribution in [-0.2, 0) is 25.6 Å². The number of rotatable bonds is 13. The van der Waals surface area contributed by atoms with E-state index in [1.54, 1.807) is 34.6 Å². The molecule has 0 aliphatic rings. The molecule has 7 N–H and O–H groups in total. The normalized spacial score (nSPS) is 15.9. The summed E-state index contributed by atoms with van der Waals surface area (Å²) in [5.41, 5.74) is 6.45. The van der Waals surface area contributed by atoms with Crippen molar-refractivity contribution in [3.05, 3.63) is 18.2 Å². The molecule has 0 saturated heterocycles. The van der Waals surface area contributed by atoms with E-state index in [1.807, 2.05) is 6.92 Å². The molecule has 186 valence electrons. The van der Waals surface area contributed by atoms with Crippen LogP contribution in [0, 0.1) is 17.8 Å². The second-order valence-corrected chi connectivity index (χ2v) is 9.05. The summed E-state index contributed by atoms with van der Waals surface area (Å²) in [6, 6.07) is -3.86. The molecule has 0 aromatic carbocycles. The highest BCUT2D eigenvalue weighted by molar-refractivity contribution is 5.94. The van der Waals surface area contributed by atoms with Gasteiger partial charge in [0, 0.05) is 18.3 Å². The summed E-state index contributed by atoms with van der Waals surface area (Å²) in [6.45, 7) is 10.8. The van der Waals surface area contributed by atoms with Gasteiger partial charge in [0.1, 0.15) is 18.1 Å². The first kappa shape index (κ1) is 28.1. The summed E-state index contributed by atoms with van der Waals surface area (Å²) in [5, 5.41) is 17.4. The number of carbonyl (C=O) groups excluding carboxylic acids is 3. The van der Waals surface area contributed by atoms with Crippen LogP contribution < -0.4 is 21.7 Å². The van der Waals surface area contributed by atoms with Gasteiger partial charge in [0.25, 0.3) is 0 Å². The number of H-pyrrole nitrogens is 1. The number of amides is 3. The maximum absolute atomic E-state index is 13.0. The summed E-state index contributed by atoms with van der Waals surface area (Å²) in [4.78, 5) is 56.8. The molecule has 0 aliphatic heterocycles. The molecule has 1 aromatic rings. The minimum Gasteiger partial charge on any atom is -0.480 e. The van der Waals surface area contributed by atoms with Crippen LogP contribution in [-0.4, -0.2) is 62.9 Å². The van der Waals surface area contributed by atoms with Crippen molar-refractivity contribution in [3.63, 3.8) is 0 Å². The van der Waals surface area contributed by atoms with E-state index in [-0.39, 0.29) is 24.2 Å². The van der Waals surface area contributed by atoms with Crippen molar-refractivity contribution >= 4 is 23.7 Å². The standard InChI is InChI=1S/C22H38N6O5/c1-7-13(6)18(21(31)26-15(22(32)33)8-14-9-24-10-25-14)28-20(30)17(12(4)5)27-19(29)16(23)11(2)3/h9-13,15-18H,7-8,23H2,1-6H3,(H,24,25)(H,26,31)(H,27,29)(H,28,30)(H,32,33). The van der Waals surface area contributed by atoms with Crippen molar-refractivity contribution in [1.29, 1.82) is 0 Å². The number of nitrogens with zero attached hydrogens (tertiary/aromatic N) is 1. The van der Waals surface area contributed by atoms with Crippen molar-refractivity contribution in [1.82, 2.24) is 25.9 Å². The van der Waals surface area contributed by atoms with E-state index in [2.05, 4.69) is 25.9 Å². The largest absolute Gasteiger partial charge is 0.480 e. The van der Waals surface area contributed by atoms with Crippen LogP contribution in [0.1, 0.15) is 53.7 Å². The van der Waals surface area contributed by atoms with E-state index in [0.717, 1.165) is 0 Å². The number of hydrogen-bond donors (Lipinski definition) is 6. The third kappa shape index (κ3) is 8.49. The van der Waals surface area contributed by atoms with E-state index < -0.39 is 47.9 Å². The number of carbonyl (C=O) groups is 4. The Labute approximate surface area is 194 Å². The zero-order valence-corrected chi connectivity index (χ0v) is 20.2. The molecule has 5 unspecified atom stereocenters. The predicted octanol–water partition coefficient (Wildman–Crippen LogP) is 0.177. The van der Waals surface area contributed by atoms with Crippen LogP contribution in [0.25, 0.3) is 0 Å². The Morgan fingerprint density at radius 3 is 2.00 bits per heavy atom. The number of imidazole rings is 1. The van der Waals surface area contributed by atoms with Crippen LogP contribution in [0.5, 0.6) is 0 Å². The molecule has 5 atom stereocenters. The summed E-state index contributed by atoms with van der Waals surface area (Å²) < 4.78 is 0. The minimum atomic E-state index is -1.21. The highest BCUT2D eigenvalue weighted by Crippen LogP contribution is 2.12. The summed E-state index contributed by atoms with van der Waals surface area (Å²) in [7, 11) is 0. The molecule has 1 rings (SSSR count). The number of aromatic nitrogens is 2. The molecular weight excluding hydrogens is 428 g/mol. The van der Waals surface area contributed by atoms with Gasteiger partial charge in [-0.3, -0.25) is 14.4 Å². The Kier molecular flexibility index (Phi) is 11.0. The van der Waals surface area contributed by atoms with Gasteiger partial charge in [-0.15, -0.1) is 0 Å². The average Bonchev–Trinajstić information content (AvgIpc) is 3.26. The van der Waals surface area contributed by atoms with Gasteiger partial charge in [0.15, 0.2) is 0 Å². The third-order valence-electron chi connectivity index (χ3n) is 5.65. The summed E-state index contributed by atoms with van der Waals surface area (Å²) in [5.74, 6) is -3.45. The zero-order chi connectivity index (χ0) is 25.3. The van der Waals surface area contributed by atoms with E-state index in [0.29, 0.717) is 12.1 Å². The van der Waals surface area contributed by atoms with Crippen molar-refractivity contribution in [2.24, 2.45) is 23.5 Å². The van der Waals surface area contributed by atoms with Crippen LogP contribution in [0.15, 0.2) is 12.5 Å². The fraction of sp³-hybridized carbons (Fsp3) is 0.682. The van der Waals surface area contributed by atoms with Crippen molar-refractivity contribution in [2.75, 3.05) is 0 Å². The van der Waals surface area contributed by atoms with E-state index >= 15 is 0 Å². The molecule has 1 heterocycles. The number of carboxylic acids is 1. The van der Waals surface area contributed by atoms with Gasteiger partial charge in [-0.1, -0.05) is 48.0 Å². The van der Waals surface area contributed by atoms with E-state index in [1.165, 1.54) is 12.5 Å². The van der Waals surface area contributed by atoms with Gasteiger partial charge < -0.3 is 31.8 Å². The van der Waals surface area contributed by atoms with Crippen molar-refractivity contribution < 1.29 is 24.3 Å². The molecule has 0 fully saturated rings. The smallest absolute Gasteiger partial charge is 0.326 e. The van der Waals surface area contributed by atoms with E-state index in [4.69, 9.17) is 5.73 Å². The number of nitrogens with one attached hydrogen (secondary N) is 4. The fourth-order valence-electron chi connectivity index (χ4n) is 3.11. The molecule has 0 saturated carbocycles. The maximum atomic E-state index is 13.0. The molecule has 0 bridgehead atoms. The molecule has 11 heteroatoms. The lowest BCUT2D eigenvalue weighted by Gasteiger charge is -2.29. The fourth-order valence-corrected chi connectivity index (χ4v) is 3.11. The summed E-state index contributed by atoms with van der Waals surface area (Å²) >= 11 is 0. The van der Waals surface area contributed by atoms with Crippen molar-refractivity contribution in [2.45, 2.75) is 78.6 Å². The highest BCUT2D eigenvalue weighted by atomic mass is 16.4. The van der Waals surface area contributed by atoms with Crippen LogP contribution in [0.2, 0.25) is 0 Å². The van der Waals surface area contributed by atoms with Gasteiger partial charge in [0.05, 0.1) is 12.4 Å². The number of hydrogen-bond acceptors (Lipinski definition) is 6. The third-order valence-corrected chi connectivity index (χ3v) is 5.65. The lowest BCUT2D eigenvalue weighted by atomic mass is 9.95. The zero-order valence-electron chi connectivity index (χ0n) is 20.2. The SMILES string of the molecule is CCC(C)C(NC(=O)C(NC(=O)C(N)C(C)C)C(C)C)C(=O)NC(Cc1cnc[nH]1)C(=O)O. The monoisotopic (exact) mass is 466 g/mol. The molecule has 3 amide bonds. The Balaban J connectivity index is 2.98. The number of aromatic amines is 1. The predicted molar refractivity (Wildman–Crippen MR) is 123 cm³/mol. The Morgan fingerprint density at radius 2 is 1.55 bits per heavy atom. The second kappa shape index (κ2) is 12.9. The number of aliphatic carboxylic acids is 1. The topological polar surface area (TPSA) is 179 Å². The molecule has 0 spiro atoms.